The number of aromatic nitrogens is 2. The predicted octanol–water partition coefficient (Wildman–Crippen LogP) is 2.62. The fraction of sp³-hybridized carbons (Fsp3) is 0.375. The van der Waals surface area contributed by atoms with E-state index in [0.717, 1.165) is 5.75 Å². The molecule has 118 valence electrons. The number of hydrogen-bond donors (Lipinski definition) is 1. The minimum absolute atomic E-state index is 0.0507. The van der Waals surface area contributed by atoms with Gasteiger partial charge in [0, 0.05) is 19.5 Å². The maximum Gasteiger partial charge on any atom is 0.225 e. The van der Waals surface area contributed by atoms with Gasteiger partial charge in [-0.05, 0) is 25.5 Å². The molecule has 0 aliphatic carbocycles. The number of anilines is 1. The van der Waals surface area contributed by atoms with Crippen LogP contribution >= 0.6 is 0 Å². The van der Waals surface area contributed by atoms with Crippen molar-refractivity contribution in [2.24, 2.45) is 7.05 Å². The first-order valence-corrected chi connectivity index (χ1v) is 7.33. The van der Waals surface area contributed by atoms with Crippen molar-refractivity contribution in [1.29, 1.82) is 0 Å². The second-order valence-electron chi connectivity index (χ2n) is 4.72. The molecular formula is C16H21N3O3. The number of hydrogen-bond acceptors (Lipinski definition) is 4. The fourth-order valence-electron chi connectivity index (χ4n) is 1.96. The molecule has 22 heavy (non-hydrogen) atoms. The van der Waals surface area contributed by atoms with Crippen LogP contribution in [0.3, 0.4) is 0 Å². The second kappa shape index (κ2) is 8.07. The van der Waals surface area contributed by atoms with Crippen LogP contribution in [0.4, 0.5) is 5.82 Å². The summed E-state index contributed by atoms with van der Waals surface area (Å²) in [5, 5.41) is 6.80. The van der Waals surface area contributed by atoms with Gasteiger partial charge in [0.1, 0.15) is 5.82 Å². The topological polar surface area (TPSA) is 65.4 Å². The van der Waals surface area contributed by atoms with E-state index in [0.29, 0.717) is 37.6 Å². The molecule has 0 radical (unpaired) electrons. The van der Waals surface area contributed by atoms with Crippen molar-refractivity contribution >= 4 is 11.7 Å². The summed E-state index contributed by atoms with van der Waals surface area (Å²) in [6.07, 6.45) is 2.66. The molecule has 1 aromatic carbocycles. The smallest absolute Gasteiger partial charge is 0.225 e. The highest BCUT2D eigenvalue weighted by molar-refractivity contribution is 5.89. The Labute approximate surface area is 130 Å². The number of carbonyl (C=O) groups is 1. The maximum absolute atomic E-state index is 11.8. The number of aryl methyl sites for hydroxylation is 1. The summed E-state index contributed by atoms with van der Waals surface area (Å²) < 4.78 is 12.8. The highest BCUT2D eigenvalue weighted by atomic mass is 16.5. The lowest BCUT2D eigenvalue weighted by Gasteiger charge is -2.11. The second-order valence-corrected chi connectivity index (χ2v) is 4.72. The van der Waals surface area contributed by atoms with E-state index in [9.17, 15) is 4.79 Å². The van der Waals surface area contributed by atoms with Gasteiger partial charge in [-0.25, -0.2) is 0 Å². The van der Waals surface area contributed by atoms with Gasteiger partial charge in [0.25, 0.3) is 0 Å². The SMILES string of the molecule is CCOc1ccccc1OCCCC(=O)Nc1ccnn1C. The van der Waals surface area contributed by atoms with Crippen LogP contribution in [0.25, 0.3) is 0 Å². The molecule has 1 heterocycles. The normalized spacial score (nSPS) is 10.3. The lowest BCUT2D eigenvalue weighted by Crippen LogP contribution is -2.15. The van der Waals surface area contributed by atoms with Crippen LogP contribution in [0, 0.1) is 0 Å². The van der Waals surface area contributed by atoms with Crippen molar-refractivity contribution in [2.45, 2.75) is 19.8 Å². The van der Waals surface area contributed by atoms with Crippen LogP contribution < -0.4 is 14.8 Å². The van der Waals surface area contributed by atoms with Gasteiger partial charge in [-0.15, -0.1) is 0 Å². The van der Waals surface area contributed by atoms with Crippen molar-refractivity contribution in [3.8, 4) is 11.5 Å². The van der Waals surface area contributed by atoms with Gasteiger partial charge in [-0.1, -0.05) is 12.1 Å². The molecule has 0 spiro atoms. The van der Waals surface area contributed by atoms with Crippen LogP contribution in [0.2, 0.25) is 0 Å². The molecule has 0 fully saturated rings. The monoisotopic (exact) mass is 303 g/mol. The molecule has 0 atom stereocenters. The number of para-hydroxylation sites is 2. The van der Waals surface area contributed by atoms with Gasteiger partial charge in [0.05, 0.1) is 19.4 Å². The Kier molecular flexibility index (Phi) is 5.82. The van der Waals surface area contributed by atoms with Crippen molar-refractivity contribution in [2.75, 3.05) is 18.5 Å². The average Bonchev–Trinajstić information content (AvgIpc) is 2.91. The van der Waals surface area contributed by atoms with E-state index in [4.69, 9.17) is 9.47 Å². The average molecular weight is 303 g/mol. The van der Waals surface area contributed by atoms with Gasteiger partial charge >= 0.3 is 0 Å². The molecule has 2 rings (SSSR count). The fourth-order valence-corrected chi connectivity index (χ4v) is 1.96. The van der Waals surface area contributed by atoms with Gasteiger partial charge in [0.2, 0.25) is 5.91 Å². The Hall–Kier alpha value is -2.50. The van der Waals surface area contributed by atoms with E-state index in [1.165, 1.54) is 0 Å². The molecule has 0 aliphatic heterocycles. The number of carbonyl (C=O) groups excluding carboxylic acids is 1. The summed E-state index contributed by atoms with van der Waals surface area (Å²) in [5.74, 6) is 2.07. The molecule has 0 saturated heterocycles. The number of benzene rings is 1. The molecule has 0 unspecified atom stereocenters. The molecule has 1 N–H and O–H groups in total. The van der Waals surface area contributed by atoms with Crippen LogP contribution in [0.15, 0.2) is 36.5 Å². The zero-order valence-corrected chi connectivity index (χ0v) is 12.9. The lowest BCUT2D eigenvalue weighted by atomic mass is 10.3. The van der Waals surface area contributed by atoms with Gasteiger partial charge < -0.3 is 14.8 Å². The standard InChI is InChI=1S/C16H21N3O3/c1-3-21-13-7-4-5-8-14(13)22-12-6-9-16(20)18-15-10-11-17-19(15)2/h4-5,7-8,10-11H,3,6,9,12H2,1-2H3,(H,18,20). The molecular weight excluding hydrogens is 282 g/mol. The molecule has 0 aliphatic rings. The highest BCUT2D eigenvalue weighted by Crippen LogP contribution is 2.26. The van der Waals surface area contributed by atoms with E-state index >= 15 is 0 Å². The number of nitrogens with one attached hydrogen (secondary N) is 1. The Morgan fingerprint density at radius 3 is 2.59 bits per heavy atom. The Morgan fingerprint density at radius 1 is 1.23 bits per heavy atom. The molecule has 6 heteroatoms. The number of rotatable bonds is 8. The zero-order chi connectivity index (χ0) is 15.8. The third-order valence-electron chi connectivity index (χ3n) is 3.04. The number of ether oxygens (including phenoxy) is 2. The van der Waals surface area contributed by atoms with Crippen molar-refractivity contribution in [3.05, 3.63) is 36.5 Å². The summed E-state index contributed by atoms with van der Waals surface area (Å²) in [5.41, 5.74) is 0. The summed E-state index contributed by atoms with van der Waals surface area (Å²) in [6.45, 7) is 2.98. The largest absolute Gasteiger partial charge is 0.490 e. The first-order chi connectivity index (χ1) is 10.7. The third-order valence-corrected chi connectivity index (χ3v) is 3.04. The Bertz CT molecular complexity index is 610. The van der Waals surface area contributed by atoms with Gasteiger partial charge in [-0.3, -0.25) is 9.48 Å². The molecule has 1 aromatic heterocycles. The van der Waals surface area contributed by atoms with E-state index in [1.54, 1.807) is 24.0 Å². The van der Waals surface area contributed by atoms with E-state index < -0.39 is 0 Å². The quantitative estimate of drug-likeness (QED) is 0.761. The number of amides is 1. The summed E-state index contributed by atoms with van der Waals surface area (Å²) in [4.78, 5) is 11.8. The summed E-state index contributed by atoms with van der Waals surface area (Å²) >= 11 is 0. The first-order valence-electron chi connectivity index (χ1n) is 7.33. The first kappa shape index (κ1) is 15.9. The Morgan fingerprint density at radius 2 is 1.95 bits per heavy atom. The van der Waals surface area contributed by atoms with E-state index in [-0.39, 0.29) is 5.91 Å². The number of nitrogens with zero attached hydrogens (tertiary/aromatic N) is 2. The minimum atomic E-state index is -0.0507. The van der Waals surface area contributed by atoms with E-state index in [1.807, 2.05) is 31.2 Å². The van der Waals surface area contributed by atoms with E-state index in [2.05, 4.69) is 10.4 Å². The zero-order valence-electron chi connectivity index (χ0n) is 12.9. The van der Waals surface area contributed by atoms with Crippen molar-refractivity contribution < 1.29 is 14.3 Å². The van der Waals surface area contributed by atoms with Crippen molar-refractivity contribution in [1.82, 2.24) is 9.78 Å². The van der Waals surface area contributed by atoms with Crippen LogP contribution in [-0.2, 0) is 11.8 Å². The predicted molar refractivity (Wildman–Crippen MR) is 84.2 cm³/mol. The Balaban J connectivity index is 1.73. The minimum Gasteiger partial charge on any atom is -0.490 e. The van der Waals surface area contributed by atoms with Crippen LogP contribution in [0.5, 0.6) is 11.5 Å². The van der Waals surface area contributed by atoms with Crippen molar-refractivity contribution in [3.63, 3.8) is 0 Å². The molecule has 0 saturated carbocycles. The lowest BCUT2D eigenvalue weighted by molar-refractivity contribution is -0.116. The maximum atomic E-state index is 11.8. The molecule has 1 amide bonds. The summed E-state index contributed by atoms with van der Waals surface area (Å²) in [7, 11) is 1.78. The van der Waals surface area contributed by atoms with Crippen LogP contribution in [0.1, 0.15) is 19.8 Å². The van der Waals surface area contributed by atoms with Crippen LogP contribution in [-0.4, -0.2) is 28.9 Å². The van der Waals surface area contributed by atoms with Gasteiger partial charge in [-0.2, -0.15) is 5.10 Å². The molecule has 2 aromatic rings. The van der Waals surface area contributed by atoms with Gasteiger partial charge in [0.15, 0.2) is 11.5 Å². The molecule has 6 nitrogen and oxygen atoms in total. The summed E-state index contributed by atoms with van der Waals surface area (Å²) in [6, 6.07) is 9.29. The molecule has 0 bridgehead atoms. The highest BCUT2D eigenvalue weighted by Gasteiger charge is 2.06. The third kappa shape index (κ3) is 4.51.